The molecular weight excluding hydrogens is 190 g/mol. The van der Waals surface area contributed by atoms with Crippen LogP contribution in [-0.2, 0) is 18.9 Å². The zero-order valence-electron chi connectivity index (χ0n) is 8.82. The first-order valence-electron chi connectivity index (χ1n) is 4.14. The second kappa shape index (κ2) is 8.74. The van der Waals surface area contributed by atoms with E-state index in [4.69, 9.17) is 18.9 Å². The topological polar surface area (TPSA) is 57.2 Å². The van der Waals surface area contributed by atoms with Crippen molar-refractivity contribution in [3.63, 3.8) is 0 Å². The number of nitrogens with zero attached hydrogens (tertiary/aromatic N) is 1. The van der Waals surface area contributed by atoms with Gasteiger partial charge in [0.1, 0.15) is 20.1 Å². The summed E-state index contributed by atoms with van der Waals surface area (Å²) in [6.45, 7) is 0.873. The fourth-order valence-corrected chi connectivity index (χ4v) is 0.758. The van der Waals surface area contributed by atoms with Crippen molar-refractivity contribution < 1.29 is 23.7 Å². The van der Waals surface area contributed by atoms with Crippen molar-refractivity contribution in [2.24, 2.45) is 0 Å². The van der Waals surface area contributed by atoms with Crippen molar-refractivity contribution in [1.29, 1.82) is 0 Å². The Hall–Kier alpha value is -0.850. The van der Waals surface area contributed by atoms with Gasteiger partial charge in [-0.1, -0.05) is 0 Å². The first-order valence-corrected chi connectivity index (χ1v) is 4.14. The number of rotatable bonds is 7. The Morgan fingerprint density at radius 1 is 1.00 bits per heavy atom. The van der Waals surface area contributed by atoms with E-state index in [1.807, 2.05) is 0 Å². The highest BCUT2D eigenvalue weighted by atomic mass is 16.6. The van der Waals surface area contributed by atoms with Gasteiger partial charge in [-0.15, -0.1) is 0 Å². The molecule has 0 aromatic rings. The molecule has 0 saturated heterocycles. The Morgan fingerprint density at radius 2 is 1.57 bits per heavy atom. The standard InChI is InChI=1S/C8H17NO5/c1-11-4-5-14-8(10)9(6-12-2)7-13-3/h4-7H2,1-3H3. The molecule has 0 N–H and O–H groups in total. The molecule has 0 aliphatic heterocycles. The van der Waals surface area contributed by atoms with Gasteiger partial charge in [-0.2, -0.15) is 0 Å². The van der Waals surface area contributed by atoms with Crippen molar-refractivity contribution in [1.82, 2.24) is 4.90 Å². The molecule has 0 heterocycles. The van der Waals surface area contributed by atoms with E-state index in [2.05, 4.69) is 0 Å². The Bertz CT molecular complexity index is 147. The molecule has 6 heteroatoms. The maximum absolute atomic E-state index is 11.3. The van der Waals surface area contributed by atoms with Crippen LogP contribution in [0.5, 0.6) is 0 Å². The highest BCUT2D eigenvalue weighted by molar-refractivity contribution is 5.67. The van der Waals surface area contributed by atoms with Gasteiger partial charge in [0.25, 0.3) is 0 Å². The number of hydrogen-bond donors (Lipinski definition) is 0. The van der Waals surface area contributed by atoms with Gasteiger partial charge in [0.2, 0.25) is 0 Å². The molecule has 6 nitrogen and oxygen atoms in total. The summed E-state index contributed by atoms with van der Waals surface area (Å²) in [5, 5.41) is 0. The third-order valence-corrected chi connectivity index (χ3v) is 1.34. The molecule has 14 heavy (non-hydrogen) atoms. The second-order valence-electron chi connectivity index (χ2n) is 2.48. The van der Waals surface area contributed by atoms with Crippen LogP contribution in [0, 0.1) is 0 Å². The molecule has 0 aliphatic carbocycles. The predicted octanol–water partition coefficient (Wildman–Crippen LogP) is 0.279. The summed E-state index contributed by atoms with van der Waals surface area (Å²) in [6, 6.07) is 0. The van der Waals surface area contributed by atoms with E-state index in [0.29, 0.717) is 6.61 Å². The van der Waals surface area contributed by atoms with Crippen LogP contribution in [0.2, 0.25) is 0 Å². The molecule has 0 unspecified atom stereocenters. The van der Waals surface area contributed by atoms with E-state index in [1.165, 1.54) is 26.2 Å². The molecule has 0 saturated carbocycles. The SMILES string of the molecule is COCCOC(=O)N(COC)COC. The Kier molecular flexibility index (Phi) is 8.20. The minimum Gasteiger partial charge on any atom is -0.447 e. The normalized spacial score (nSPS) is 9.93. The molecule has 1 amide bonds. The van der Waals surface area contributed by atoms with E-state index in [-0.39, 0.29) is 20.1 Å². The Balaban J connectivity index is 3.76. The van der Waals surface area contributed by atoms with Crippen molar-refractivity contribution in [3.8, 4) is 0 Å². The fraction of sp³-hybridized carbons (Fsp3) is 0.875. The summed E-state index contributed by atoms with van der Waals surface area (Å²) in [5.41, 5.74) is 0. The van der Waals surface area contributed by atoms with Crippen molar-refractivity contribution in [2.75, 3.05) is 48.0 Å². The molecule has 84 valence electrons. The molecule has 0 aromatic heterocycles. The summed E-state index contributed by atoms with van der Waals surface area (Å²) in [7, 11) is 4.52. The smallest absolute Gasteiger partial charge is 0.413 e. The maximum Gasteiger partial charge on any atom is 0.413 e. The van der Waals surface area contributed by atoms with E-state index in [9.17, 15) is 4.79 Å². The van der Waals surface area contributed by atoms with Gasteiger partial charge >= 0.3 is 6.09 Å². The average molecular weight is 207 g/mol. The molecule has 0 fully saturated rings. The molecule has 0 spiro atoms. The summed E-state index contributed by atoms with van der Waals surface area (Å²) in [4.78, 5) is 12.6. The van der Waals surface area contributed by atoms with Crippen LogP contribution in [-0.4, -0.2) is 59.0 Å². The van der Waals surface area contributed by atoms with E-state index in [0.717, 1.165) is 0 Å². The predicted molar refractivity (Wildman–Crippen MR) is 48.8 cm³/mol. The minimum absolute atomic E-state index is 0.139. The Labute approximate surface area is 83.7 Å². The van der Waals surface area contributed by atoms with Crippen LogP contribution < -0.4 is 0 Å². The number of amides is 1. The van der Waals surface area contributed by atoms with Crippen LogP contribution >= 0.6 is 0 Å². The van der Waals surface area contributed by atoms with Gasteiger partial charge < -0.3 is 18.9 Å². The molecule has 0 aliphatic rings. The van der Waals surface area contributed by atoms with Gasteiger partial charge in [-0.25, -0.2) is 4.79 Å². The van der Waals surface area contributed by atoms with Crippen molar-refractivity contribution in [2.45, 2.75) is 0 Å². The zero-order valence-corrected chi connectivity index (χ0v) is 8.82. The summed E-state index contributed by atoms with van der Waals surface area (Å²) in [5.74, 6) is 0. The van der Waals surface area contributed by atoms with Gasteiger partial charge in [-0.3, -0.25) is 4.90 Å². The third-order valence-electron chi connectivity index (χ3n) is 1.34. The summed E-state index contributed by atoms with van der Waals surface area (Å²) >= 11 is 0. The lowest BCUT2D eigenvalue weighted by Crippen LogP contribution is -2.35. The van der Waals surface area contributed by atoms with E-state index in [1.54, 1.807) is 0 Å². The lowest BCUT2D eigenvalue weighted by atomic mass is 10.7. The van der Waals surface area contributed by atoms with Gasteiger partial charge in [0, 0.05) is 21.3 Å². The second-order valence-corrected chi connectivity index (χ2v) is 2.48. The van der Waals surface area contributed by atoms with Crippen LogP contribution in [0.3, 0.4) is 0 Å². The quantitative estimate of drug-likeness (QED) is 0.443. The molecule has 0 bridgehead atoms. The van der Waals surface area contributed by atoms with Crippen LogP contribution in [0.4, 0.5) is 4.79 Å². The average Bonchev–Trinajstić information content (AvgIpc) is 2.18. The third kappa shape index (κ3) is 5.74. The van der Waals surface area contributed by atoms with Crippen molar-refractivity contribution in [3.05, 3.63) is 0 Å². The number of methoxy groups -OCH3 is 3. The fourth-order valence-electron chi connectivity index (χ4n) is 0.758. The highest BCUT2D eigenvalue weighted by Gasteiger charge is 2.13. The van der Waals surface area contributed by atoms with E-state index >= 15 is 0 Å². The van der Waals surface area contributed by atoms with Gasteiger partial charge in [0.15, 0.2) is 0 Å². The van der Waals surface area contributed by atoms with Crippen molar-refractivity contribution >= 4 is 6.09 Å². The number of carbonyl (C=O) groups is 1. The first kappa shape index (κ1) is 13.2. The zero-order chi connectivity index (χ0) is 10.8. The minimum atomic E-state index is -0.481. The maximum atomic E-state index is 11.3. The largest absolute Gasteiger partial charge is 0.447 e. The number of hydrogen-bond acceptors (Lipinski definition) is 5. The molecule has 0 rings (SSSR count). The van der Waals surface area contributed by atoms with Gasteiger partial charge in [0.05, 0.1) is 6.61 Å². The van der Waals surface area contributed by atoms with Crippen LogP contribution in [0.15, 0.2) is 0 Å². The lowest BCUT2D eigenvalue weighted by Gasteiger charge is -2.19. The lowest BCUT2D eigenvalue weighted by molar-refractivity contribution is -0.0179. The molecular formula is C8H17NO5. The summed E-state index contributed by atoms with van der Waals surface area (Å²) < 4.78 is 19.2. The molecule has 0 atom stereocenters. The molecule has 0 aromatic carbocycles. The highest BCUT2D eigenvalue weighted by Crippen LogP contribution is 1.94. The number of ether oxygens (including phenoxy) is 4. The van der Waals surface area contributed by atoms with E-state index < -0.39 is 6.09 Å². The van der Waals surface area contributed by atoms with Crippen LogP contribution in [0.25, 0.3) is 0 Å². The first-order chi connectivity index (χ1) is 6.76. The Morgan fingerprint density at radius 3 is 2.00 bits per heavy atom. The van der Waals surface area contributed by atoms with Gasteiger partial charge in [-0.05, 0) is 0 Å². The summed E-state index contributed by atoms with van der Waals surface area (Å²) in [6.07, 6.45) is -0.481. The molecule has 0 radical (unpaired) electrons. The monoisotopic (exact) mass is 207 g/mol. The van der Waals surface area contributed by atoms with Crippen LogP contribution in [0.1, 0.15) is 0 Å². The number of carbonyl (C=O) groups excluding carboxylic acids is 1.